The minimum Gasteiger partial charge on any atom is -0.392 e. The molecule has 1 heterocycles. The second kappa shape index (κ2) is 5.73. The number of rotatable bonds is 5. The Morgan fingerprint density at radius 3 is 2.64 bits per heavy atom. The van der Waals surface area contributed by atoms with Crippen molar-refractivity contribution in [3.05, 3.63) is 30.1 Å². The highest BCUT2D eigenvalue weighted by Crippen LogP contribution is 2.09. The fourth-order valence-electron chi connectivity index (χ4n) is 1.23. The van der Waals surface area contributed by atoms with Gasteiger partial charge in [0.2, 0.25) is 0 Å². The van der Waals surface area contributed by atoms with Gasteiger partial charge >= 0.3 is 0 Å². The first-order chi connectivity index (χ1) is 6.74. The number of pyridine rings is 1. The Kier molecular flexibility index (Phi) is 4.56. The maximum absolute atomic E-state index is 9.38. The Labute approximate surface area is 85.2 Å². The molecule has 1 aromatic rings. The van der Waals surface area contributed by atoms with Crippen molar-refractivity contribution >= 4 is 0 Å². The Bertz CT molecular complexity index is 251. The lowest BCUT2D eigenvalue weighted by Gasteiger charge is -2.16. The second-order valence-electron chi connectivity index (χ2n) is 3.47. The van der Waals surface area contributed by atoms with Crippen LogP contribution < -0.4 is 5.32 Å². The minimum atomic E-state index is -0.251. The predicted octanol–water partition coefficient (Wildman–Crippen LogP) is 1.50. The molecule has 2 unspecified atom stereocenters. The summed E-state index contributed by atoms with van der Waals surface area (Å²) in [7, 11) is 0. The molecular weight excluding hydrogens is 176 g/mol. The van der Waals surface area contributed by atoms with E-state index >= 15 is 0 Å². The molecule has 3 nitrogen and oxygen atoms in total. The number of hydrogen-bond donors (Lipinski definition) is 2. The summed E-state index contributed by atoms with van der Waals surface area (Å²) in [4.78, 5) is 3.96. The van der Waals surface area contributed by atoms with Crippen LogP contribution in [0.3, 0.4) is 0 Å². The highest BCUT2D eigenvalue weighted by Gasteiger charge is 2.06. The molecule has 0 radical (unpaired) electrons. The van der Waals surface area contributed by atoms with Gasteiger partial charge in [0, 0.05) is 25.0 Å². The van der Waals surface area contributed by atoms with Gasteiger partial charge in [0.15, 0.2) is 0 Å². The summed E-state index contributed by atoms with van der Waals surface area (Å²) in [5.74, 6) is 0. The van der Waals surface area contributed by atoms with E-state index in [1.807, 2.05) is 19.1 Å². The fourth-order valence-corrected chi connectivity index (χ4v) is 1.23. The van der Waals surface area contributed by atoms with Crippen molar-refractivity contribution in [2.24, 2.45) is 0 Å². The number of nitrogens with one attached hydrogen (secondary N) is 1. The zero-order chi connectivity index (χ0) is 10.4. The largest absolute Gasteiger partial charge is 0.392 e. The average molecular weight is 194 g/mol. The SMILES string of the molecule is CCC(O)CNC(C)c1ccncc1. The van der Waals surface area contributed by atoms with Crippen LogP contribution in [-0.4, -0.2) is 22.7 Å². The number of hydrogen-bond acceptors (Lipinski definition) is 3. The second-order valence-corrected chi connectivity index (χ2v) is 3.47. The lowest BCUT2D eigenvalue weighted by atomic mass is 10.1. The topological polar surface area (TPSA) is 45.1 Å². The molecule has 0 saturated heterocycles. The van der Waals surface area contributed by atoms with Crippen LogP contribution in [0.4, 0.5) is 0 Å². The molecule has 0 aromatic carbocycles. The van der Waals surface area contributed by atoms with Crippen LogP contribution in [0.15, 0.2) is 24.5 Å². The number of aromatic nitrogens is 1. The van der Waals surface area contributed by atoms with Gasteiger partial charge in [-0.2, -0.15) is 0 Å². The quantitative estimate of drug-likeness (QED) is 0.746. The molecule has 0 fully saturated rings. The predicted molar refractivity (Wildman–Crippen MR) is 57.0 cm³/mol. The molecule has 0 aliphatic rings. The summed E-state index contributed by atoms with van der Waals surface area (Å²) in [5.41, 5.74) is 1.20. The van der Waals surface area contributed by atoms with Gasteiger partial charge in [0.05, 0.1) is 6.10 Å². The van der Waals surface area contributed by atoms with Crippen LogP contribution in [0.25, 0.3) is 0 Å². The Hall–Kier alpha value is -0.930. The lowest BCUT2D eigenvalue weighted by Crippen LogP contribution is -2.28. The molecule has 3 heteroatoms. The van der Waals surface area contributed by atoms with E-state index in [2.05, 4.69) is 17.2 Å². The van der Waals surface area contributed by atoms with E-state index < -0.39 is 0 Å². The Balaban J connectivity index is 2.39. The summed E-state index contributed by atoms with van der Waals surface area (Å²) in [6.45, 7) is 4.70. The van der Waals surface area contributed by atoms with Gasteiger partial charge in [-0.1, -0.05) is 6.92 Å². The maximum atomic E-state index is 9.38. The molecule has 2 atom stereocenters. The molecule has 0 aliphatic heterocycles. The monoisotopic (exact) mass is 194 g/mol. The van der Waals surface area contributed by atoms with E-state index in [0.29, 0.717) is 6.54 Å². The zero-order valence-electron chi connectivity index (χ0n) is 8.77. The highest BCUT2D eigenvalue weighted by atomic mass is 16.3. The third-order valence-electron chi connectivity index (χ3n) is 2.34. The van der Waals surface area contributed by atoms with Crippen molar-refractivity contribution in [2.45, 2.75) is 32.4 Å². The fraction of sp³-hybridized carbons (Fsp3) is 0.545. The molecule has 0 amide bonds. The minimum absolute atomic E-state index is 0.251. The summed E-state index contributed by atoms with van der Waals surface area (Å²) < 4.78 is 0. The third kappa shape index (κ3) is 3.44. The van der Waals surface area contributed by atoms with Gasteiger partial charge in [-0.15, -0.1) is 0 Å². The van der Waals surface area contributed by atoms with Gasteiger partial charge in [0.25, 0.3) is 0 Å². The molecule has 1 rings (SSSR count). The smallest absolute Gasteiger partial charge is 0.0662 e. The van der Waals surface area contributed by atoms with E-state index in [9.17, 15) is 5.11 Å². The molecule has 0 aliphatic carbocycles. The van der Waals surface area contributed by atoms with Crippen molar-refractivity contribution in [2.75, 3.05) is 6.54 Å². The first kappa shape index (κ1) is 11.1. The van der Waals surface area contributed by atoms with Crippen LogP contribution in [-0.2, 0) is 0 Å². The lowest BCUT2D eigenvalue weighted by molar-refractivity contribution is 0.164. The van der Waals surface area contributed by atoms with E-state index in [-0.39, 0.29) is 12.1 Å². The summed E-state index contributed by atoms with van der Waals surface area (Å²) in [5, 5.41) is 12.7. The van der Waals surface area contributed by atoms with Crippen LogP contribution in [0.2, 0.25) is 0 Å². The molecule has 2 N–H and O–H groups in total. The van der Waals surface area contributed by atoms with Gasteiger partial charge in [0.1, 0.15) is 0 Å². The van der Waals surface area contributed by atoms with E-state index in [4.69, 9.17) is 0 Å². The van der Waals surface area contributed by atoms with Crippen LogP contribution in [0.5, 0.6) is 0 Å². The number of aliphatic hydroxyl groups excluding tert-OH is 1. The summed E-state index contributed by atoms with van der Waals surface area (Å²) in [6.07, 6.45) is 4.10. The van der Waals surface area contributed by atoms with Crippen molar-refractivity contribution in [1.29, 1.82) is 0 Å². The molecule has 0 saturated carbocycles. The summed E-state index contributed by atoms with van der Waals surface area (Å²) >= 11 is 0. The van der Waals surface area contributed by atoms with Crippen molar-refractivity contribution in [3.63, 3.8) is 0 Å². The van der Waals surface area contributed by atoms with Gasteiger partial charge in [-0.3, -0.25) is 4.98 Å². The first-order valence-corrected chi connectivity index (χ1v) is 5.05. The molecule has 14 heavy (non-hydrogen) atoms. The molecular formula is C11H18N2O. The van der Waals surface area contributed by atoms with Crippen LogP contribution in [0.1, 0.15) is 31.9 Å². The van der Waals surface area contributed by atoms with E-state index in [1.54, 1.807) is 12.4 Å². The first-order valence-electron chi connectivity index (χ1n) is 5.05. The van der Waals surface area contributed by atoms with E-state index in [1.165, 1.54) is 5.56 Å². The molecule has 0 spiro atoms. The average Bonchev–Trinajstić information content (AvgIpc) is 2.26. The highest BCUT2D eigenvalue weighted by molar-refractivity contribution is 5.13. The van der Waals surface area contributed by atoms with Gasteiger partial charge in [-0.25, -0.2) is 0 Å². The standard InChI is InChI=1S/C11H18N2O/c1-3-11(14)8-13-9(2)10-4-6-12-7-5-10/h4-7,9,11,13-14H,3,8H2,1-2H3. The molecule has 0 bridgehead atoms. The van der Waals surface area contributed by atoms with Crippen LogP contribution in [0, 0.1) is 0 Å². The third-order valence-corrected chi connectivity index (χ3v) is 2.34. The normalized spacial score (nSPS) is 15.1. The molecule has 1 aromatic heterocycles. The van der Waals surface area contributed by atoms with Gasteiger partial charge < -0.3 is 10.4 Å². The molecule has 78 valence electrons. The Morgan fingerprint density at radius 2 is 2.07 bits per heavy atom. The van der Waals surface area contributed by atoms with Crippen molar-refractivity contribution < 1.29 is 5.11 Å². The number of aliphatic hydroxyl groups is 1. The Morgan fingerprint density at radius 1 is 1.43 bits per heavy atom. The summed E-state index contributed by atoms with van der Waals surface area (Å²) in [6, 6.07) is 4.23. The maximum Gasteiger partial charge on any atom is 0.0662 e. The van der Waals surface area contributed by atoms with Crippen molar-refractivity contribution in [3.8, 4) is 0 Å². The van der Waals surface area contributed by atoms with Crippen LogP contribution >= 0.6 is 0 Å². The number of nitrogens with zero attached hydrogens (tertiary/aromatic N) is 1. The van der Waals surface area contributed by atoms with Crippen molar-refractivity contribution in [1.82, 2.24) is 10.3 Å². The van der Waals surface area contributed by atoms with E-state index in [0.717, 1.165) is 6.42 Å². The van der Waals surface area contributed by atoms with Gasteiger partial charge in [-0.05, 0) is 31.0 Å². The zero-order valence-corrected chi connectivity index (χ0v) is 8.77.